The number of hydrogen-bond acceptors (Lipinski definition) is 3. The molecule has 1 fully saturated rings. The largest absolute Gasteiger partial charge is 0.339 e. The van der Waals surface area contributed by atoms with Crippen molar-refractivity contribution in [3.63, 3.8) is 0 Å². The predicted octanol–water partition coefficient (Wildman–Crippen LogP) is 1.98. The lowest BCUT2D eigenvalue weighted by molar-refractivity contribution is -0.139. The number of imidazole rings is 1. The molecule has 2 heterocycles. The molecule has 0 spiro atoms. The molecule has 1 amide bonds. The quantitative estimate of drug-likeness (QED) is 0.802. The number of amides is 1. The first kappa shape index (κ1) is 15.3. The average Bonchev–Trinajstić information content (AvgIpc) is 3.00. The van der Waals surface area contributed by atoms with Gasteiger partial charge >= 0.3 is 0 Å². The van der Waals surface area contributed by atoms with E-state index in [4.69, 9.17) is 0 Å². The molecule has 0 aromatic carbocycles. The molecular formula is C17H26N4O. The van der Waals surface area contributed by atoms with Crippen LogP contribution in [-0.4, -0.2) is 51.4 Å². The molecular weight excluding hydrogens is 276 g/mol. The third kappa shape index (κ3) is 2.95. The monoisotopic (exact) mass is 302 g/mol. The molecule has 5 heteroatoms. The SMILES string of the molecule is CCN1CCN(C(=O)[C@@H]2CC=CCC2)C[C@H]1c1nccn1C. The Labute approximate surface area is 132 Å². The minimum absolute atomic E-state index is 0.181. The molecule has 1 aliphatic heterocycles. The minimum Gasteiger partial charge on any atom is -0.339 e. The molecule has 22 heavy (non-hydrogen) atoms. The topological polar surface area (TPSA) is 41.4 Å². The van der Waals surface area contributed by atoms with Crippen molar-refractivity contribution in [3.05, 3.63) is 30.4 Å². The van der Waals surface area contributed by atoms with E-state index in [0.29, 0.717) is 5.91 Å². The first-order chi connectivity index (χ1) is 10.7. The van der Waals surface area contributed by atoms with E-state index in [1.54, 1.807) is 0 Å². The van der Waals surface area contributed by atoms with Crippen LogP contribution in [0.2, 0.25) is 0 Å². The van der Waals surface area contributed by atoms with E-state index in [2.05, 4.69) is 38.4 Å². The van der Waals surface area contributed by atoms with Crippen LogP contribution in [-0.2, 0) is 11.8 Å². The van der Waals surface area contributed by atoms with Gasteiger partial charge in [-0.25, -0.2) is 4.98 Å². The summed E-state index contributed by atoms with van der Waals surface area (Å²) in [7, 11) is 2.03. The van der Waals surface area contributed by atoms with Crippen molar-refractivity contribution < 1.29 is 4.79 Å². The van der Waals surface area contributed by atoms with Gasteiger partial charge in [-0.1, -0.05) is 19.1 Å². The fourth-order valence-corrected chi connectivity index (χ4v) is 3.62. The Bertz CT molecular complexity index is 551. The van der Waals surface area contributed by atoms with Crippen molar-refractivity contribution in [3.8, 4) is 0 Å². The Morgan fingerprint density at radius 3 is 2.86 bits per heavy atom. The molecule has 120 valence electrons. The Morgan fingerprint density at radius 2 is 2.23 bits per heavy atom. The first-order valence-electron chi connectivity index (χ1n) is 8.35. The first-order valence-corrected chi connectivity index (χ1v) is 8.35. The van der Waals surface area contributed by atoms with E-state index in [-0.39, 0.29) is 12.0 Å². The fraction of sp³-hybridized carbons (Fsp3) is 0.647. The van der Waals surface area contributed by atoms with Gasteiger partial charge in [-0.2, -0.15) is 0 Å². The number of allylic oxidation sites excluding steroid dienone is 2. The van der Waals surface area contributed by atoms with Gasteiger partial charge in [-0.15, -0.1) is 0 Å². The summed E-state index contributed by atoms with van der Waals surface area (Å²) in [4.78, 5) is 21.8. The highest BCUT2D eigenvalue weighted by molar-refractivity contribution is 5.79. The van der Waals surface area contributed by atoms with E-state index < -0.39 is 0 Å². The van der Waals surface area contributed by atoms with Crippen molar-refractivity contribution in [1.82, 2.24) is 19.4 Å². The molecule has 3 rings (SSSR count). The Kier molecular flexibility index (Phi) is 4.62. The molecule has 1 aromatic rings. The maximum absolute atomic E-state index is 12.8. The maximum atomic E-state index is 12.8. The Balaban J connectivity index is 1.74. The van der Waals surface area contributed by atoms with Crippen LogP contribution in [0.15, 0.2) is 24.5 Å². The summed E-state index contributed by atoms with van der Waals surface area (Å²) in [6.45, 7) is 5.71. The molecule has 1 saturated heterocycles. The molecule has 1 aromatic heterocycles. The summed E-state index contributed by atoms with van der Waals surface area (Å²) in [5.41, 5.74) is 0. The van der Waals surface area contributed by atoms with E-state index in [0.717, 1.165) is 51.3 Å². The van der Waals surface area contributed by atoms with Crippen molar-refractivity contribution in [1.29, 1.82) is 0 Å². The van der Waals surface area contributed by atoms with Crippen LogP contribution >= 0.6 is 0 Å². The third-order valence-corrected chi connectivity index (χ3v) is 4.98. The molecule has 1 aliphatic carbocycles. The van der Waals surface area contributed by atoms with Gasteiger partial charge in [0, 0.05) is 45.0 Å². The zero-order chi connectivity index (χ0) is 15.5. The van der Waals surface area contributed by atoms with Gasteiger partial charge in [0.15, 0.2) is 0 Å². The van der Waals surface area contributed by atoms with Gasteiger partial charge in [0.1, 0.15) is 5.82 Å². The molecule has 0 radical (unpaired) electrons. The van der Waals surface area contributed by atoms with Crippen LogP contribution in [0, 0.1) is 5.92 Å². The van der Waals surface area contributed by atoms with Crippen LogP contribution in [0.25, 0.3) is 0 Å². The third-order valence-electron chi connectivity index (χ3n) is 4.98. The number of aromatic nitrogens is 2. The molecule has 0 saturated carbocycles. The van der Waals surface area contributed by atoms with Crippen LogP contribution in [0.3, 0.4) is 0 Å². The standard InChI is InChI=1S/C17H26N4O/c1-3-20-11-12-21(17(22)14-7-5-4-6-8-14)13-15(20)16-18-9-10-19(16)2/h4-5,9-10,14-15H,3,6-8,11-13H2,1-2H3/t14-,15+/m1/s1. The van der Waals surface area contributed by atoms with E-state index >= 15 is 0 Å². The molecule has 5 nitrogen and oxygen atoms in total. The number of piperazine rings is 1. The average molecular weight is 302 g/mol. The molecule has 0 bridgehead atoms. The Morgan fingerprint density at radius 1 is 1.36 bits per heavy atom. The fourth-order valence-electron chi connectivity index (χ4n) is 3.62. The summed E-state index contributed by atoms with van der Waals surface area (Å²) in [5, 5.41) is 0. The van der Waals surface area contributed by atoms with Gasteiger partial charge in [0.2, 0.25) is 5.91 Å². The predicted molar refractivity (Wildman–Crippen MR) is 86.3 cm³/mol. The number of carbonyl (C=O) groups is 1. The number of nitrogens with zero attached hydrogens (tertiary/aromatic N) is 4. The second-order valence-electron chi connectivity index (χ2n) is 6.31. The highest BCUT2D eigenvalue weighted by atomic mass is 16.2. The molecule has 2 atom stereocenters. The number of aryl methyl sites for hydroxylation is 1. The summed E-state index contributed by atoms with van der Waals surface area (Å²) < 4.78 is 2.07. The van der Waals surface area contributed by atoms with Crippen molar-refractivity contribution in [2.24, 2.45) is 13.0 Å². The zero-order valence-corrected chi connectivity index (χ0v) is 13.6. The summed E-state index contributed by atoms with van der Waals surface area (Å²) >= 11 is 0. The van der Waals surface area contributed by atoms with E-state index in [1.165, 1.54) is 0 Å². The maximum Gasteiger partial charge on any atom is 0.226 e. The minimum atomic E-state index is 0.181. The van der Waals surface area contributed by atoms with E-state index in [1.807, 2.05) is 19.4 Å². The smallest absolute Gasteiger partial charge is 0.226 e. The van der Waals surface area contributed by atoms with E-state index in [9.17, 15) is 4.79 Å². The number of hydrogen-bond donors (Lipinski definition) is 0. The van der Waals surface area contributed by atoms with Crippen LogP contribution in [0.5, 0.6) is 0 Å². The highest BCUT2D eigenvalue weighted by Crippen LogP contribution is 2.27. The lowest BCUT2D eigenvalue weighted by atomic mass is 9.92. The van der Waals surface area contributed by atoms with Crippen molar-refractivity contribution in [2.45, 2.75) is 32.2 Å². The van der Waals surface area contributed by atoms with Crippen molar-refractivity contribution in [2.75, 3.05) is 26.2 Å². The highest BCUT2D eigenvalue weighted by Gasteiger charge is 2.34. The number of rotatable bonds is 3. The molecule has 0 N–H and O–H groups in total. The van der Waals surface area contributed by atoms with Gasteiger partial charge in [-0.05, 0) is 25.8 Å². The second-order valence-corrected chi connectivity index (χ2v) is 6.31. The van der Waals surface area contributed by atoms with Gasteiger partial charge in [-0.3, -0.25) is 9.69 Å². The van der Waals surface area contributed by atoms with Crippen LogP contribution < -0.4 is 0 Å². The Hall–Kier alpha value is -1.62. The summed E-state index contributed by atoms with van der Waals surface area (Å²) in [5.74, 6) is 1.57. The summed E-state index contributed by atoms with van der Waals surface area (Å²) in [6, 6.07) is 0.210. The van der Waals surface area contributed by atoms with Gasteiger partial charge < -0.3 is 9.47 Å². The van der Waals surface area contributed by atoms with Gasteiger partial charge in [0.05, 0.1) is 6.04 Å². The summed E-state index contributed by atoms with van der Waals surface area (Å²) in [6.07, 6.45) is 11.1. The molecule has 0 unspecified atom stereocenters. The number of likely N-dealkylation sites (N-methyl/N-ethyl adjacent to an activating group) is 1. The zero-order valence-electron chi connectivity index (χ0n) is 13.6. The normalized spacial score (nSPS) is 26.4. The second kappa shape index (κ2) is 6.65. The molecule has 2 aliphatic rings. The van der Waals surface area contributed by atoms with Crippen LogP contribution in [0.4, 0.5) is 0 Å². The lowest BCUT2D eigenvalue weighted by Gasteiger charge is -2.41. The lowest BCUT2D eigenvalue weighted by Crippen LogP contribution is -2.52. The van der Waals surface area contributed by atoms with Gasteiger partial charge in [0.25, 0.3) is 0 Å². The van der Waals surface area contributed by atoms with Crippen LogP contribution in [0.1, 0.15) is 38.1 Å². The number of carbonyl (C=O) groups excluding carboxylic acids is 1. The van der Waals surface area contributed by atoms with Crippen molar-refractivity contribution >= 4 is 5.91 Å².